The number of benzene rings is 3. The molecule has 0 spiro atoms. The van der Waals surface area contributed by atoms with Crippen LogP contribution in [0.25, 0.3) is 22.2 Å². The van der Waals surface area contributed by atoms with Gasteiger partial charge in [0.1, 0.15) is 11.9 Å². The van der Waals surface area contributed by atoms with Gasteiger partial charge in [0.05, 0.1) is 23.5 Å². The number of nitrogens with one attached hydrogen (secondary N) is 1. The number of imide groups is 1. The van der Waals surface area contributed by atoms with Gasteiger partial charge in [-0.05, 0) is 112 Å². The molecule has 3 aromatic carbocycles. The highest BCUT2D eigenvalue weighted by molar-refractivity contribution is 6.06. The summed E-state index contributed by atoms with van der Waals surface area (Å²) in [6.45, 7) is 11.9. The molecule has 3 atom stereocenters. The number of hydrogen-bond donors (Lipinski definition) is 3. The molecule has 4 aliphatic rings. The number of piperidine rings is 2. The van der Waals surface area contributed by atoms with Crippen molar-refractivity contribution in [3.8, 4) is 17.0 Å². The van der Waals surface area contributed by atoms with E-state index in [1.54, 1.807) is 17.0 Å². The number of fused-ring (bicyclic) bond motifs is 1. The number of urea groups is 1. The molecule has 0 aliphatic carbocycles. The summed E-state index contributed by atoms with van der Waals surface area (Å²) < 4.78 is 8.92. The minimum absolute atomic E-state index is 0.00881. The Morgan fingerprint density at radius 2 is 1.67 bits per heavy atom. The lowest BCUT2D eigenvalue weighted by Crippen LogP contribution is -2.50. The van der Waals surface area contributed by atoms with Crippen LogP contribution in [0, 0.1) is 12.8 Å². The van der Waals surface area contributed by atoms with Gasteiger partial charge in [-0.25, -0.2) is 4.79 Å². The number of phenols is 1. The fourth-order valence-corrected chi connectivity index (χ4v) is 9.74. The third-order valence-corrected chi connectivity index (χ3v) is 13.5. The molecule has 0 unspecified atom stereocenters. The van der Waals surface area contributed by atoms with Crippen molar-refractivity contribution >= 4 is 45.9 Å². The number of aromatic nitrogens is 3. The Kier molecular flexibility index (Phi) is 11.1. The highest BCUT2D eigenvalue weighted by Crippen LogP contribution is 2.38. The Hall–Kier alpha value is -5.99. The van der Waals surface area contributed by atoms with E-state index in [4.69, 9.17) is 10.5 Å². The zero-order valence-electron chi connectivity index (χ0n) is 35.2. The van der Waals surface area contributed by atoms with Gasteiger partial charge in [0, 0.05) is 92.2 Å². The van der Waals surface area contributed by atoms with Crippen LogP contribution >= 0.6 is 0 Å². The third-order valence-electron chi connectivity index (χ3n) is 13.5. The van der Waals surface area contributed by atoms with Crippen molar-refractivity contribution in [2.75, 3.05) is 61.3 Å². The molecule has 2 aromatic heterocycles. The number of nitrogens with zero attached hydrogens (tertiary/aromatic N) is 7. The Labute approximate surface area is 356 Å². The standard InChI is InChI=1S/C47H55N9O5/c1-29-26-56(40-13-12-36(24-38(29)40)54-23-18-44(58)49-47(54)60)35-16-19-52(20-17-35)27-32-14-21-53(22-15-32)46(59)34-10-8-33(9-11-34)43-28-55(30(2)31(3)61-43)41-25-39(50-51-45(41)48)37-6-4-5-7-42(37)57/h4-13,24-26,30-32,35,43,57H,14-23,27-28H2,1-3H3,(H2,48,51)(H,49,58,60)/t30-,31+,43+/m1/s1. The SMILES string of the molecule is Cc1cn(C2CCN(CC3CCN(C(=O)c4ccc([C@@H]5CN(c6cc(-c7ccccc7O)nnc6N)[C@H](C)[C@H](C)O5)cc4)CC3)CC2)c2ccc(N3CCC(=O)NC3=O)cc12. The Bertz CT molecular complexity index is 2440. The maximum Gasteiger partial charge on any atom is 0.328 e. The number of carbonyl (C=O) groups excluding carboxylic acids is 3. The van der Waals surface area contributed by atoms with Crippen LogP contribution in [0.15, 0.2) is 79.0 Å². The number of aryl methyl sites for hydroxylation is 1. The molecule has 4 amide bonds. The summed E-state index contributed by atoms with van der Waals surface area (Å²) >= 11 is 0. The Morgan fingerprint density at radius 1 is 0.918 bits per heavy atom. The zero-order chi connectivity index (χ0) is 42.4. The molecule has 0 bridgehead atoms. The third kappa shape index (κ3) is 8.14. The predicted octanol–water partition coefficient (Wildman–Crippen LogP) is 6.69. The lowest BCUT2D eigenvalue weighted by atomic mass is 9.94. The van der Waals surface area contributed by atoms with Crippen LogP contribution in [0.5, 0.6) is 5.75 Å². The van der Waals surface area contributed by atoms with E-state index in [0.29, 0.717) is 54.1 Å². The monoisotopic (exact) mass is 825 g/mol. The van der Waals surface area contributed by atoms with Crippen LogP contribution < -0.4 is 20.9 Å². The van der Waals surface area contributed by atoms with Gasteiger partial charge in [-0.1, -0.05) is 24.3 Å². The van der Waals surface area contributed by atoms with Crippen molar-refractivity contribution in [3.05, 3.63) is 95.7 Å². The molecule has 14 heteroatoms. The van der Waals surface area contributed by atoms with Crippen LogP contribution in [0.4, 0.5) is 22.0 Å². The van der Waals surface area contributed by atoms with Gasteiger partial charge in [0.2, 0.25) is 5.91 Å². The summed E-state index contributed by atoms with van der Waals surface area (Å²) in [4.78, 5) is 46.3. The van der Waals surface area contributed by atoms with E-state index in [9.17, 15) is 19.5 Å². The highest BCUT2D eigenvalue weighted by Gasteiger charge is 2.35. The minimum Gasteiger partial charge on any atom is -0.507 e. The molecule has 4 N–H and O–H groups in total. The summed E-state index contributed by atoms with van der Waals surface area (Å²) in [6, 6.07) is 23.0. The molecule has 4 saturated heterocycles. The molecule has 61 heavy (non-hydrogen) atoms. The lowest BCUT2D eigenvalue weighted by molar-refractivity contribution is -0.120. The quantitative estimate of drug-likeness (QED) is 0.154. The van der Waals surface area contributed by atoms with E-state index in [0.717, 1.165) is 80.7 Å². The summed E-state index contributed by atoms with van der Waals surface area (Å²) in [6.07, 6.45) is 6.35. The first-order chi connectivity index (χ1) is 29.5. The number of nitrogen functional groups attached to an aromatic ring is 1. The molecule has 4 fully saturated rings. The Balaban J connectivity index is 0.770. The molecule has 318 valence electrons. The number of ether oxygens (including phenoxy) is 1. The number of hydrogen-bond acceptors (Lipinski definition) is 10. The van der Waals surface area contributed by atoms with Gasteiger partial charge in [0.15, 0.2) is 5.82 Å². The number of para-hydroxylation sites is 1. The van der Waals surface area contributed by atoms with Crippen molar-refractivity contribution in [2.45, 2.75) is 77.2 Å². The molecular formula is C47H55N9O5. The van der Waals surface area contributed by atoms with Crippen molar-refractivity contribution in [1.82, 2.24) is 29.9 Å². The maximum atomic E-state index is 13.7. The second-order valence-electron chi connectivity index (χ2n) is 17.3. The molecule has 0 saturated carbocycles. The number of amides is 4. The van der Waals surface area contributed by atoms with E-state index in [2.05, 4.69) is 69.0 Å². The molecule has 5 aromatic rings. The fraction of sp³-hybridized carbons (Fsp3) is 0.426. The molecule has 4 aliphatic heterocycles. The van der Waals surface area contributed by atoms with Gasteiger partial charge >= 0.3 is 6.03 Å². The van der Waals surface area contributed by atoms with Crippen molar-refractivity contribution in [3.63, 3.8) is 0 Å². The normalized spacial score (nSPS) is 22.2. The van der Waals surface area contributed by atoms with Gasteiger partial charge in [-0.15, -0.1) is 10.2 Å². The largest absolute Gasteiger partial charge is 0.507 e. The van der Waals surface area contributed by atoms with Crippen molar-refractivity contribution in [2.24, 2.45) is 5.92 Å². The van der Waals surface area contributed by atoms with Crippen LogP contribution in [0.1, 0.15) is 79.6 Å². The zero-order valence-corrected chi connectivity index (χ0v) is 35.2. The van der Waals surface area contributed by atoms with Gasteiger partial charge in [-0.3, -0.25) is 19.8 Å². The first-order valence-electron chi connectivity index (χ1n) is 21.7. The topological polar surface area (TPSA) is 162 Å². The van der Waals surface area contributed by atoms with Crippen LogP contribution in [-0.2, 0) is 9.53 Å². The van der Waals surface area contributed by atoms with E-state index in [1.807, 2.05) is 53.4 Å². The Morgan fingerprint density at radius 3 is 2.41 bits per heavy atom. The predicted molar refractivity (Wildman–Crippen MR) is 236 cm³/mol. The highest BCUT2D eigenvalue weighted by atomic mass is 16.5. The molecule has 9 rings (SSSR count). The van der Waals surface area contributed by atoms with Crippen molar-refractivity contribution in [1.29, 1.82) is 0 Å². The number of carbonyl (C=O) groups is 3. The fourth-order valence-electron chi connectivity index (χ4n) is 9.74. The summed E-state index contributed by atoms with van der Waals surface area (Å²) in [7, 11) is 0. The van der Waals surface area contributed by atoms with Gasteiger partial charge < -0.3 is 34.8 Å². The second kappa shape index (κ2) is 16.8. The van der Waals surface area contributed by atoms with Crippen LogP contribution in [0.3, 0.4) is 0 Å². The second-order valence-corrected chi connectivity index (χ2v) is 17.3. The molecule has 14 nitrogen and oxygen atoms in total. The average Bonchev–Trinajstić information content (AvgIpc) is 3.60. The smallest absolute Gasteiger partial charge is 0.328 e. The number of phenolic OH excluding ortho intramolecular Hbond substituents is 1. The number of aromatic hydroxyl groups is 1. The number of likely N-dealkylation sites (tertiary alicyclic amines) is 2. The summed E-state index contributed by atoms with van der Waals surface area (Å²) in [5.74, 6) is 0.851. The molecular weight excluding hydrogens is 771 g/mol. The first-order valence-corrected chi connectivity index (χ1v) is 21.7. The van der Waals surface area contributed by atoms with E-state index in [1.165, 1.54) is 11.1 Å². The van der Waals surface area contributed by atoms with Crippen molar-refractivity contribution < 1.29 is 24.2 Å². The minimum atomic E-state index is -0.360. The van der Waals surface area contributed by atoms with Gasteiger partial charge in [0.25, 0.3) is 5.91 Å². The number of morpholine rings is 1. The van der Waals surface area contributed by atoms with Crippen LogP contribution in [0.2, 0.25) is 0 Å². The number of nitrogens with two attached hydrogens (primary N) is 1. The van der Waals surface area contributed by atoms with E-state index < -0.39 is 0 Å². The van der Waals surface area contributed by atoms with E-state index in [-0.39, 0.29) is 41.8 Å². The van der Waals surface area contributed by atoms with Gasteiger partial charge in [-0.2, -0.15) is 0 Å². The summed E-state index contributed by atoms with van der Waals surface area (Å²) in [5, 5.41) is 22.5. The molecule has 6 heterocycles. The van der Waals surface area contributed by atoms with Crippen LogP contribution in [-0.4, -0.2) is 105 Å². The molecule has 0 radical (unpaired) electrons. The van der Waals surface area contributed by atoms with E-state index >= 15 is 0 Å². The first kappa shape index (κ1) is 40.4. The number of rotatable bonds is 8. The summed E-state index contributed by atoms with van der Waals surface area (Å²) in [5.41, 5.74) is 13.1. The number of anilines is 3. The lowest BCUT2D eigenvalue weighted by Gasteiger charge is -2.43. The maximum absolute atomic E-state index is 13.7. The average molecular weight is 826 g/mol.